The lowest BCUT2D eigenvalue weighted by molar-refractivity contribution is -0.0568. The van der Waals surface area contributed by atoms with Crippen molar-refractivity contribution >= 4 is 33.4 Å². The summed E-state index contributed by atoms with van der Waals surface area (Å²) in [5.41, 5.74) is 4.87. The monoisotopic (exact) mass is 433 g/mol. The van der Waals surface area contributed by atoms with Gasteiger partial charge in [0, 0.05) is 19.6 Å². The summed E-state index contributed by atoms with van der Waals surface area (Å²) in [6.45, 7) is 5.89. The molecule has 156 valence electrons. The number of benzene rings is 1. The Balaban J connectivity index is 1.87. The van der Waals surface area contributed by atoms with Crippen LogP contribution in [0.2, 0.25) is 5.02 Å². The standard InChI is InChI=1S/C17H24ClN3O6S/c1-17(2,3)27-16(23)21-6-7-26-13-9-20(8-12(13)21)28(24,25)15-10(18)4-5-11(19)14(15)22/h4-5,12-13,22H,6-9,19H2,1-3H3. The maximum Gasteiger partial charge on any atom is 0.410 e. The molecular formula is C17H24ClN3O6S. The van der Waals surface area contributed by atoms with E-state index < -0.39 is 44.5 Å². The number of rotatable bonds is 2. The van der Waals surface area contributed by atoms with Crippen LogP contribution in [0.3, 0.4) is 0 Å². The molecule has 2 saturated heterocycles. The van der Waals surface area contributed by atoms with Crippen LogP contribution in [-0.4, -0.2) is 72.8 Å². The highest BCUT2D eigenvalue weighted by atomic mass is 35.5. The van der Waals surface area contributed by atoms with Gasteiger partial charge < -0.3 is 20.3 Å². The molecule has 3 rings (SSSR count). The van der Waals surface area contributed by atoms with Crippen LogP contribution < -0.4 is 5.73 Å². The first-order valence-corrected chi connectivity index (χ1v) is 10.6. The van der Waals surface area contributed by atoms with Crippen LogP contribution in [0.4, 0.5) is 10.5 Å². The Hall–Kier alpha value is -1.75. The summed E-state index contributed by atoms with van der Waals surface area (Å²) in [5.74, 6) is -0.590. The van der Waals surface area contributed by atoms with E-state index in [4.69, 9.17) is 26.8 Å². The second-order valence-electron chi connectivity index (χ2n) is 7.79. The minimum Gasteiger partial charge on any atom is -0.504 e. The maximum absolute atomic E-state index is 13.1. The van der Waals surface area contributed by atoms with E-state index in [1.54, 1.807) is 20.8 Å². The number of fused-ring (bicyclic) bond motifs is 1. The second-order valence-corrected chi connectivity index (χ2v) is 10.1. The molecule has 0 aliphatic carbocycles. The third kappa shape index (κ3) is 3.86. The molecule has 2 heterocycles. The lowest BCUT2D eigenvalue weighted by Crippen LogP contribution is -2.54. The number of phenols is 1. The molecule has 1 aromatic rings. The molecule has 9 nitrogen and oxygen atoms in total. The van der Waals surface area contributed by atoms with Gasteiger partial charge in [0.25, 0.3) is 0 Å². The number of nitrogens with two attached hydrogens (primary N) is 1. The van der Waals surface area contributed by atoms with E-state index >= 15 is 0 Å². The number of hydrogen-bond donors (Lipinski definition) is 2. The van der Waals surface area contributed by atoms with Gasteiger partial charge in [0.05, 0.1) is 29.5 Å². The molecule has 0 saturated carbocycles. The fourth-order valence-corrected chi connectivity index (χ4v) is 5.41. The zero-order valence-electron chi connectivity index (χ0n) is 15.9. The van der Waals surface area contributed by atoms with Crippen molar-refractivity contribution in [3.05, 3.63) is 17.2 Å². The average molecular weight is 434 g/mol. The molecule has 3 N–H and O–H groups in total. The number of nitrogen functional groups attached to an aromatic ring is 1. The Kier molecular flexibility index (Phi) is 5.43. The molecule has 2 aliphatic rings. The molecule has 2 aliphatic heterocycles. The second kappa shape index (κ2) is 7.25. The summed E-state index contributed by atoms with van der Waals surface area (Å²) in [5, 5.41) is 10.0. The van der Waals surface area contributed by atoms with Crippen molar-refractivity contribution in [3.8, 4) is 5.75 Å². The van der Waals surface area contributed by atoms with E-state index in [1.165, 1.54) is 17.0 Å². The first-order chi connectivity index (χ1) is 12.9. The predicted molar refractivity (Wildman–Crippen MR) is 103 cm³/mol. The van der Waals surface area contributed by atoms with Gasteiger partial charge >= 0.3 is 6.09 Å². The van der Waals surface area contributed by atoms with Crippen molar-refractivity contribution < 1.29 is 27.8 Å². The number of nitrogens with zero attached hydrogens (tertiary/aromatic N) is 2. The number of aromatic hydroxyl groups is 1. The van der Waals surface area contributed by atoms with E-state index in [1.807, 2.05) is 0 Å². The van der Waals surface area contributed by atoms with Crippen LogP contribution in [0.1, 0.15) is 20.8 Å². The third-order valence-electron chi connectivity index (χ3n) is 4.61. The van der Waals surface area contributed by atoms with Crippen LogP contribution in [-0.2, 0) is 19.5 Å². The molecule has 2 fully saturated rings. The fraction of sp³-hybridized carbons (Fsp3) is 0.588. The minimum atomic E-state index is -4.15. The van der Waals surface area contributed by atoms with Gasteiger partial charge in [-0.2, -0.15) is 4.31 Å². The van der Waals surface area contributed by atoms with Crippen molar-refractivity contribution in [1.29, 1.82) is 0 Å². The minimum absolute atomic E-state index is 0.00316. The molecule has 1 aromatic carbocycles. The van der Waals surface area contributed by atoms with Crippen LogP contribution in [0.25, 0.3) is 0 Å². The molecule has 11 heteroatoms. The predicted octanol–water partition coefficient (Wildman–Crippen LogP) is 1.64. The molecule has 0 radical (unpaired) electrons. The quantitative estimate of drug-likeness (QED) is 0.536. The van der Waals surface area contributed by atoms with E-state index in [2.05, 4.69) is 0 Å². The number of ether oxygens (including phenoxy) is 2. The zero-order chi connectivity index (χ0) is 20.9. The normalized spacial score (nSPS) is 23.5. The number of anilines is 1. The van der Waals surface area contributed by atoms with Crippen molar-refractivity contribution in [2.24, 2.45) is 0 Å². The van der Waals surface area contributed by atoms with Crippen LogP contribution >= 0.6 is 11.6 Å². The number of sulfonamides is 1. The third-order valence-corrected chi connectivity index (χ3v) is 6.94. The van der Waals surface area contributed by atoms with Gasteiger partial charge in [0.1, 0.15) is 10.5 Å². The summed E-state index contributed by atoms with van der Waals surface area (Å²) in [7, 11) is -4.15. The van der Waals surface area contributed by atoms with E-state index in [0.29, 0.717) is 6.54 Å². The molecular weight excluding hydrogens is 410 g/mol. The number of carbonyl (C=O) groups excluding carboxylic acids is 1. The van der Waals surface area contributed by atoms with Gasteiger partial charge in [0.15, 0.2) is 5.75 Å². The smallest absolute Gasteiger partial charge is 0.410 e. The van der Waals surface area contributed by atoms with Gasteiger partial charge in [0.2, 0.25) is 10.0 Å². The first kappa shape index (κ1) is 21.0. The van der Waals surface area contributed by atoms with Crippen LogP contribution in [0.5, 0.6) is 5.75 Å². The van der Waals surface area contributed by atoms with Gasteiger partial charge in [-0.15, -0.1) is 0 Å². The van der Waals surface area contributed by atoms with Crippen molar-refractivity contribution in [1.82, 2.24) is 9.21 Å². The topological polar surface area (TPSA) is 122 Å². The van der Waals surface area contributed by atoms with Crippen molar-refractivity contribution in [2.45, 2.75) is 43.4 Å². The van der Waals surface area contributed by atoms with Crippen molar-refractivity contribution in [2.75, 3.05) is 32.0 Å². The maximum atomic E-state index is 13.1. The summed E-state index contributed by atoms with van der Waals surface area (Å²) in [6.07, 6.45) is -1.02. The van der Waals surface area contributed by atoms with E-state index in [0.717, 1.165) is 4.31 Å². The van der Waals surface area contributed by atoms with Crippen molar-refractivity contribution in [3.63, 3.8) is 0 Å². The summed E-state index contributed by atoms with van der Waals surface area (Å²) in [6, 6.07) is 2.14. The van der Waals surface area contributed by atoms with E-state index in [9.17, 15) is 18.3 Å². The number of morpholine rings is 1. The lowest BCUT2D eigenvalue weighted by Gasteiger charge is -2.37. The molecule has 2 unspecified atom stereocenters. The Morgan fingerprint density at radius 1 is 1.36 bits per heavy atom. The van der Waals surface area contributed by atoms with E-state index in [-0.39, 0.29) is 30.4 Å². The number of phenolic OH excluding ortho intramolecular Hbond substituents is 1. The van der Waals surface area contributed by atoms with Crippen LogP contribution in [0, 0.1) is 0 Å². The summed E-state index contributed by atoms with van der Waals surface area (Å²) < 4.78 is 38.5. The largest absolute Gasteiger partial charge is 0.504 e. The summed E-state index contributed by atoms with van der Waals surface area (Å²) in [4.78, 5) is 13.6. The highest BCUT2D eigenvalue weighted by Gasteiger charge is 2.48. The van der Waals surface area contributed by atoms with Gasteiger partial charge in [-0.3, -0.25) is 4.90 Å². The Morgan fingerprint density at radius 3 is 2.68 bits per heavy atom. The fourth-order valence-electron chi connectivity index (χ4n) is 3.33. The lowest BCUT2D eigenvalue weighted by atomic mass is 10.1. The molecule has 2 atom stereocenters. The molecule has 1 amide bonds. The van der Waals surface area contributed by atoms with Gasteiger partial charge in [-0.1, -0.05) is 11.6 Å². The van der Waals surface area contributed by atoms with Crippen LogP contribution in [0.15, 0.2) is 17.0 Å². The number of hydrogen-bond acceptors (Lipinski definition) is 7. The highest BCUT2D eigenvalue weighted by Crippen LogP contribution is 2.39. The molecule has 0 bridgehead atoms. The molecule has 0 aromatic heterocycles. The average Bonchev–Trinajstić information content (AvgIpc) is 3.01. The number of halogens is 1. The Labute approximate surface area is 169 Å². The number of carbonyl (C=O) groups is 1. The number of amides is 1. The summed E-state index contributed by atoms with van der Waals surface area (Å²) >= 11 is 6.03. The molecule has 28 heavy (non-hydrogen) atoms. The Morgan fingerprint density at radius 2 is 2.04 bits per heavy atom. The Bertz CT molecular complexity index is 886. The molecule has 0 spiro atoms. The van der Waals surface area contributed by atoms with Gasteiger partial charge in [-0.25, -0.2) is 13.2 Å². The van der Waals surface area contributed by atoms with Gasteiger partial charge in [-0.05, 0) is 32.9 Å². The highest BCUT2D eigenvalue weighted by molar-refractivity contribution is 7.89. The SMILES string of the molecule is CC(C)(C)OC(=O)N1CCOC2CN(S(=O)(=O)c3c(Cl)ccc(N)c3O)CC21. The first-order valence-electron chi connectivity index (χ1n) is 8.80. The zero-order valence-corrected chi connectivity index (χ0v) is 17.5.